The fourth-order valence-corrected chi connectivity index (χ4v) is 3.38. The van der Waals surface area contributed by atoms with Crippen molar-refractivity contribution in [2.75, 3.05) is 27.9 Å². The number of H-pyrrole nitrogens is 1. The molecular weight excluding hydrogens is 392 g/mol. The molecule has 0 bridgehead atoms. The van der Waals surface area contributed by atoms with Crippen LogP contribution in [0.5, 0.6) is 17.2 Å². The lowest BCUT2D eigenvalue weighted by Gasteiger charge is -2.25. The van der Waals surface area contributed by atoms with Crippen molar-refractivity contribution in [3.63, 3.8) is 0 Å². The second-order valence-electron chi connectivity index (χ2n) is 7.36. The Morgan fingerprint density at radius 2 is 1.69 bits per heavy atom. The third kappa shape index (κ3) is 4.12. The van der Waals surface area contributed by atoms with Crippen molar-refractivity contribution in [1.82, 2.24) is 10.3 Å². The van der Waals surface area contributed by atoms with Crippen LogP contribution in [0.1, 0.15) is 29.9 Å². The smallest absolute Gasteiger partial charge is 0.267 e. The average molecular weight is 417 g/mol. The molecule has 0 atom stereocenters. The molecule has 7 heteroatoms. The molecule has 3 aromatic rings. The third-order valence-electron chi connectivity index (χ3n) is 5.00. The molecular formula is C22H25ClN2O4. The molecule has 0 unspecified atom stereocenters. The van der Waals surface area contributed by atoms with Gasteiger partial charge in [-0.25, -0.2) is 0 Å². The Morgan fingerprint density at radius 1 is 1.03 bits per heavy atom. The lowest BCUT2D eigenvalue weighted by atomic mass is 9.84. The second-order valence-corrected chi connectivity index (χ2v) is 7.80. The van der Waals surface area contributed by atoms with Crippen LogP contribution in [0.15, 0.2) is 36.4 Å². The minimum Gasteiger partial charge on any atom is -0.496 e. The van der Waals surface area contributed by atoms with E-state index in [-0.39, 0.29) is 11.3 Å². The van der Waals surface area contributed by atoms with E-state index in [4.69, 9.17) is 25.8 Å². The van der Waals surface area contributed by atoms with Gasteiger partial charge in [0.15, 0.2) is 11.5 Å². The summed E-state index contributed by atoms with van der Waals surface area (Å²) in [6.07, 6.45) is 0. The first-order valence-corrected chi connectivity index (χ1v) is 9.54. The summed E-state index contributed by atoms with van der Waals surface area (Å²) in [5.41, 5.74) is 1.89. The van der Waals surface area contributed by atoms with Gasteiger partial charge >= 0.3 is 0 Å². The molecule has 0 radical (unpaired) electrons. The number of ether oxygens (including phenoxy) is 3. The Labute approximate surface area is 175 Å². The summed E-state index contributed by atoms with van der Waals surface area (Å²) in [5, 5.41) is 4.43. The number of fused-ring (bicyclic) bond motifs is 1. The lowest BCUT2D eigenvalue weighted by Crippen LogP contribution is -2.36. The summed E-state index contributed by atoms with van der Waals surface area (Å²) in [6, 6.07) is 11.1. The topological polar surface area (TPSA) is 72.6 Å². The molecule has 0 saturated carbocycles. The van der Waals surface area contributed by atoms with Crippen LogP contribution in [-0.4, -0.2) is 38.8 Å². The average Bonchev–Trinajstić information content (AvgIpc) is 3.16. The van der Waals surface area contributed by atoms with Crippen LogP contribution in [0.4, 0.5) is 0 Å². The highest BCUT2D eigenvalue weighted by atomic mass is 35.5. The van der Waals surface area contributed by atoms with E-state index in [0.717, 1.165) is 10.9 Å². The number of aromatic nitrogens is 1. The molecule has 0 fully saturated rings. The molecule has 1 amide bonds. The zero-order valence-corrected chi connectivity index (χ0v) is 17.9. The van der Waals surface area contributed by atoms with Crippen LogP contribution < -0.4 is 19.5 Å². The van der Waals surface area contributed by atoms with Gasteiger partial charge in [-0.15, -0.1) is 0 Å². The molecule has 0 aliphatic rings. The van der Waals surface area contributed by atoms with Gasteiger partial charge in [-0.2, -0.15) is 0 Å². The molecule has 3 rings (SSSR count). The number of hydrogen-bond acceptors (Lipinski definition) is 4. The SMILES string of the molecule is COc1cc(OC)c2cc(C(=O)NCC(C)(C)c3ccc(Cl)cc3)[nH]c2c1OC. The third-order valence-corrected chi connectivity index (χ3v) is 5.25. The Bertz CT molecular complexity index is 1030. The van der Waals surface area contributed by atoms with Gasteiger partial charge in [0.05, 0.1) is 26.8 Å². The van der Waals surface area contributed by atoms with Gasteiger partial charge in [0.2, 0.25) is 0 Å². The monoisotopic (exact) mass is 416 g/mol. The second kappa shape index (κ2) is 8.25. The predicted molar refractivity (Wildman–Crippen MR) is 115 cm³/mol. The molecule has 1 aromatic heterocycles. The number of aromatic amines is 1. The van der Waals surface area contributed by atoms with Crippen molar-refractivity contribution in [3.05, 3.63) is 52.7 Å². The first-order chi connectivity index (χ1) is 13.8. The Balaban J connectivity index is 1.86. The summed E-state index contributed by atoms with van der Waals surface area (Å²) in [4.78, 5) is 16.0. The minimum atomic E-state index is -0.259. The number of carbonyl (C=O) groups excluding carboxylic acids is 1. The highest BCUT2D eigenvalue weighted by Crippen LogP contribution is 2.41. The molecule has 0 aliphatic carbocycles. The lowest BCUT2D eigenvalue weighted by molar-refractivity contribution is 0.0941. The van der Waals surface area contributed by atoms with Crippen molar-refractivity contribution >= 4 is 28.4 Å². The van der Waals surface area contributed by atoms with Crippen LogP contribution in [0.25, 0.3) is 10.9 Å². The Morgan fingerprint density at radius 3 is 2.28 bits per heavy atom. The van der Waals surface area contributed by atoms with Gasteiger partial charge in [0, 0.05) is 28.4 Å². The maximum absolute atomic E-state index is 12.8. The van der Waals surface area contributed by atoms with Gasteiger partial charge in [-0.3, -0.25) is 4.79 Å². The largest absolute Gasteiger partial charge is 0.496 e. The van der Waals surface area contributed by atoms with Gasteiger partial charge in [0.25, 0.3) is 5.91 Å². The van der Waals surface area contributed by atoms with E-state index in [1.807, 2.05) is 24.3 Å². The van der Waals surface area contributed by atoms with E-state index < -0.39 is 0 Å². The van der Waals surface area contributed by atoms with E-state index in [2.05, 4.69) is 24.1 Å². The number of halogens is 1. The zero-order chi connectivity index (χ0) is 21.2. The van der Waals surface area contributed by atoms with E-state index in [9.17, 15) is 4.79 Å². The quantitative estimate of drug-likeness (QED) is 0.592. The summed E-state index contributed by atoms with van der Waals surface area (Å²) >= 11 is 5.98. The Kier molecular flexibility index (Phi) is 5.94. The fraction of sp³-hybridized carbons (Fsp3) is 0.318. The van der Waals surface area contributed by atoms with Crippen molar-refractivity contribution in [1.29, 1.82) is 0 Å². The van der Waals surface area contributed by atoms with Crippen LogP contribution in [0.3, 0.4) is 0 Å². The highest BCUT2D eigenvalue weighted by Gasteiger charge is 2.23. The maximum Gasteiger partial charge on any atom is 0.267 e. The number of amides is 1. The minimum absolute atomic E-state index is 0.216. The van der Waals surface area contributed by atoms with E-state index in [0.29, 0.717) is 40.0 Å². The summed E-state index contributed by atoms with van der Waals surface area (Å²) in [5.74, 6) is 1.42. The molecule has 0 saturated heterocycles. The standard InChI is InChI=1S/C22H25ClN2O4/c1-22(2,13-6-8-14(23)9-7-13)12-24-21(26)16-10-15-17(27-3)11-18(28-4)20(29-5)19(15)25-16/h6-11,25H,12H2,1-5H3,(H,24,26). The van der Waals surface area contributed by atoms with E-state index >= 15 is 0 Å². The first kappa shape index (κ1) is 20.9. The molecule has 0 spiro atoms. The van der Waals surface area contributed by atoms with Crippen molar-refractivity contribution < 1.29 is 19.0 Å². The van der Waals surface area contributed by atoms with Crippen molar-refractivity contribution in [3.8, 4) is 17.2 Å². The van der Waals surface area contributed by atoms with Crippen LogP contribution >= 0.6 is 11.6 Å². The molecule has 29 heavy (non-hydrogen) atoms. The van der Waals surface area contributed by atoms with Gasteiger partial charge in [-0.05, 0) is 23.8 Å². The van der Waals surface area contributed by atoms with E-state index in [1.165, 1.54) is 0 Å². The van der Waals surface area contributed by atoms with Gasteiger partial charge in [0.1, 0.15) is 11.4 Å². The molecule has 6 nitrogen and oxygen atoms in total. The van der Waals surface area contributed by atoms with E-state index in [1.54, 1.807) is 33.5 Å². The summed E-state index contributed by atoms with van der Waals surface area (Å²) in [6.45, 7) is 4.59. The van der Waals surface area contributed by atoms with Crippen LogP contribution in [0, 0.1) is 0 Å². The summed E-state index contributed by atoms with van der Waals surface area (Å²) < 4.78 is 16.3. The molecule has 2 N–H and O–H groups in total. The van der Waals surface area contributed by atoms with Crippen molar-refractivity contribution in [2.45, 2.75) is 19.3 Å². The van der Waals surface area contributed by atoms with Crippen LogP contribution in [0.2, 0.25) is 5.02 Å². The van der Waals surface area contributed by atoms with Gasteiger partial charge in [-0.1, -0.05) is 37.6 Å². The first-order valence-electron chi connectivity index (χ1n) is 9.16. The number of nitrogens with one attached hydrogen (secondary N) is 2. The molecule has 0 aliphatic heterocycles. The summed E-state index contributed by atoms with van der Waals surface area (Å²) in [7, 11) is 4.68. The maximum atomic E-state index is 12.8. The molecule has 154 valence electrons. The number of hydrogen-bond donors (Lipinski definition) is 2. The van der Waals surface area contributed by atoms with Gasteiger partial charge < -0.3 is 24.5 Å². The fourth-order valence-electron chi connectivity index (χ4n) is 3.26. The Hall–Kier alpha value is -2.86. The zero-order valence-electron chi connectivity index (χ0n) is 17.2. The highest BCUT2D eigenvalue weighted by molar-refractivity contribution is 6.30. The molecule has 2 aromatic carbocycles. The number of rotatable bonds is 7. The van der Waals surface area contributed by atoms with Crippen LogP contribution in [-0.2, 0) is 5.41 Å². The van der Waals surface area contributed by atoms with Crippen molar-refractivity contribution in [2.24, 2.45) is 0 Å². The molecule has 1 heterocycles. The normalized spacial score (nSPS) is 11.4. The predicted octanol–water partition coefficient (Wildman–Crippen LogP) is 4.55. The number of carbonyl (C=O) groups is 1. The number of benzene rings is 2. The number of methoxy groups -OCH3 is 3.